The smallest absolute Gasteiger partial charge is 0.251 e. The van der Waals surface area contributed by atoms with E-state index in [1.165, 1.54) is 10.5 Å². The fraction of sp³-hybridized carbons (Fsp3) is 0.304. The van der Waals surface area contributed by atoms with Crippen LogP contribution >= 0.6 is 23.2 Å². The number of carbonyl (C=O) groups is 2. The van der Waals surface area contributed by atoms with Crippen molar-refractivity contribution < 1.29 is 9.59 Å². The summed E-state index contributed by atoms with van der Waals surface area (Å²) in [7, 11) is 0. The summed E-state index contributed by atoms with van der Waals surface area (Å²) < 4.78 is 0. The summed E-state index contributed by atoms with van der Waals surface area (Å²) in [5.41, 5.74) is 1.63. The van der Waals surface area contributed by atoms with E-state index in [0.29, 0.717) is 15.7 Å². The summed E-state index contributed by atoms with van der Waals surface area (Å²) in [6.07, 6.45) is 4.48. The maximum atomic E-state index is 13.0. The quantitative estimate of drug-likeness (QED) is 0.656. The average molecular weight is 444 g/mol. The van der Waals surface area contributed by atoms with Gasteiger partial charge in [0.15, 0.2) is 0 Å². The van der Waals surface area contributed by atoms with Crippen LogP contribution in [0.25, 0.3) is 6.08 Å². The highest BCUT2D eigenvalue weighted by atomic mass is 35.5. The van der Waals surface area contributed by atoms with Crippen LogP contribution in [0.2, 0.25) is 10.0 Å². The second kappa shape index (κ2) is 9.31. The van der Waals surface area contributed by atoms with Crippen LogP contribution < -0.4 is 4.90 Å². The average Bonchev–Trinajstić information content (AvgIpc) is 3.02. The normalized spacial score (nSPS) is 21.1. The molecule has 0 spiro atoms. The van der Waals surface area contributed by atoms with E-state index in [1.807, 2.05) is 18.2 Å². The number of hydrogen-bond donors (Lipinski definition) is 0. The molecule has 2 saturated heterocycles. The Morgan fingerprint density at radius 3 is 2.27 bits per heavy atom. The van der Waals surface area contributed by atoms with Crippen LogP contribution in [0.1, 0.15) is 12.0 Å². The maximum Gasteiger partial charge on any atom is 0.251 e. The predicted octanol–water partition coefficient (Wildman–Crippen LogP) is 3.96. The zero-order valence-electron chi connectivity index (χ0n) is 16.5. The molecule has 0 aromatic heterocycles. The van der Waals surface area contributed by atoms with Gasteiger partial charge in [-0.1, -0.05) is 65.7 Å². The predicted molar refractivity (Wildman–Crippen MR) is 121 cm³/mol. The Labute approximate surface area is 186 Å². The van der Waals surface area contributed by atoms with Gasteiger partial charge in [0.25, 0.3) is 5.91 Å². The van der Waals surface area contributed by atoms with Gasteiger partial charge in [0.2, 0.25) is 5.91 Å². The first-order valence-electron chi connectivity index (χ1n) is 10.0. The molecule has 156 valence electrons. The van der Waals surface area contributed by atoms with Crippen LogP contribution in [-0.4, -0.2) is 60.4 Å². The molecule has 0 saturated carbocycles. The molecule has 1 atom stereocenters. The topological polar surface area (TPSA) is 43.9 Å². The Bertz CT molecular complexity index is 936. The molecule has 0 radical (unpaired) electrons. The van der Waals surface area contributed by atoms with Gasteiger partial charge in [0.05, 0.1) is 18.2 Å². The van der Waals surface area contributed by atoms with E-state index in [1.54, 1.807) is 18.2 Å². The van der Waals surface area contributed by atoms with Gasteiger partial charge in [0.1, 0.15) is 0 Å². The number of imide groups is 1. The van der Waals surface area contributed by atoms with Crippen molar-refractivity contribution in [2.75, 3.05) is 37.6 Å². The van der Waals surface area contributed by atoms with Crippen LogP contribution in [0, 0.1) is 0 Å². The molecule has 2 fully saturated rings. The monoisotopic (exact) mass is 443 g/mol. The van der Waals surface area contributed by atoms with Crippen LogP contribution in [-0.2, 0) is 9.59 Å². The van der Waals surface area contributed by atoms with E-state index in [9.17, 15) is 9.59 Å². The van der Waals surface area contributed by atoms with E-state index in [2.05, 4.69) is 34.1 Å². The second-order valence-corrected chi connectivity index (χ2v) is 8.44. The minimum absolute atomic E-state index is 0.191. The minimum atomic E-state index is -0.419. The third-order valence-corrected chi connectivity index (χ3v) is 5.99. The van der Waals surface area contributed by atoms with E-state index in [4.69, 9.17) is 23.2 Å². The van der Waals surface area contributed by atoms with Crippen molar-refractivity contribution in [2.24, 2.45) is 0 Å². The Morgan fingerprint density at radius 2 is 1.60 bits per heavy atom. The van der Waals surface area contributed by atoms with Crippen LogP contribution in [0.5, 0.6) is 0 Å². The number of amides is 2. The number of halogens is 2. The van der Waals surface area contributed by atoms with Gasteiger partial charge in [-0.05, 0) is 23.8 Å². The van der Waals surface area contributed by atoms with Gasteiger partial charge in [0, 0.05) is 42.8 Å². The van der Waals surface area contributed by atoms with Gasteiger partial charge < -0.3 is 0 Å². The van der Waals surface area contributed by atoms with Crippen LogP contribution in [0.15, 0.2) is 54.6 Å². The lowest BCUT2D eigenvalue weighted by molar-refractivity contribution is -0.123. The standard InChI is InChI=1S/C23H23Cl2N3O2/c24-18-13-19(25)15-20(14-18)28-22(29)16-21(23(28)30)27-11-9-26(10-12-27)8-4-7-17-5-2-1-3-6-17/h1-7,13-15,21H,8-12,16H2/b7-4+/t21-/m0/s1. The van der Waals surface area contributed by atoms with Gasteiger partial charge >= 0.3 is 0 Å². The number of piperazine rings is 1. The molecule has 5 nitrogen and oxygen atoms in total. The van der Waals surface area contributed by atoms with E-state index < -0.39 is 6.04 Å². The summed E-state index contributed by atoms with van der Waals surface area (Å²) in [5, 5.41) is 0.803. The van der Waals surface area contributed by atoms with Crippen molar-refractivity contribution in [3.05, 3.63) is 70.2 Å². The van der Waals surface area contributed by atoms with Gasteiger partial charge in [-0.2, -0.15) is 0 Å². The summed E-state index contributed by atoms with van der Waals surface area (Å²) >= 11 is 12.1. The lowest BCUT2D eigenvalue weighted by Gasteiger charge is -2.36. The SMILES string of the molecule is O=C1C[C@H](N2CCN(C/C=C/c3ccccc3)CC2)C(=O)N1c1cc(Cl)cc(Cl)c1. The van der Waals surface area contributed by atoms with Gasteiger partial charge in [-0.15, -0.1) is 0 Å². The molecule has 2 heterocycles. The number of hydrogen-bond acceptors (Lipinski definition) is 4. The summed E-state index contributed by atoms with van der Waals surface area (Å²) in [5.74, 6) is -0.410. The lowest BCUT2D eigenvalue weighted by atomic mass is 10.1. The molecule has 0 N–H and O–H groups in total. The Morgan fingerprint density at radius 1 is 0.933 bits per heavy atom. The molecular weight excluding hydrogens is 421 g/mol. The van der Waals surface area contributed by atoms with Crippen molar-refractivity contribution in [2.45, 2.75) is 12.5 Å². The molecule has 2 aliphatic rings. The zero-order valence-corrected chi connectivity index (χ0v) is 18.0. The highest BCUT2D eigenvalue weighted by Crippen LogP contribution is 2.30. The molecule has 0 unspecified atom stereocenters. The third-order valence-electron chi connectivity index (χ3n) is 5.55. The number of nitrogens with zero attached hydrogens (tertiary/aromatic N) is 3. The first-order chi connectivity index (χ1) is 14.5. The fourth-order valence-corrected chi connectivity index (χ4v) is 4.51. The highest BCUT2D eigenvalue weighted by molar-refractivity contribution is 6.35. The van der Waals surface area contributed by atoms with Crippen molar-refractivity contribution in [1.82, 2.24) is 9.80 Å². The largest absolute Gasteiger partial charge is 0.297 e. The number of benzene rings is 2. The summed E-state index contributed by atoms with van der Waals surface area (Å²) in [4.78, 5) is 31.3. The Kier molecular flexibility index (Phi) is 6.54. The lowest BCUT2D eigenvalue weighted by Crippen LogP contribution is -2.52. The van der Waals surface area contributed by atoms with E-state index >= 15 is 0 Å². The zero-order chi connectivity index (χ0) is 21.1. The molecular formula is C23H23Cl2N3O2. The Hall–Kier alpha value is -2.18. The molecule has 4 rings (SSSR count). The molecule has 2 aromatic rings. The van der Waals surface area contributed by atoms with Crippen molar-refractivity contribution in [3.63, 3.8) is 0 Å². The molecule has 2 aliphatic heterocycles. The molecule has 30 heavy (non-hydrogen) atoms. The van der Waals surface area contributed by atoms with Gasteiger partial charge in [-0.25, -0.2) is 4.90 Å². The summed E-state index contributed by atoms with van der Waals surface area (Å²) in [6, 6.07) is 14.6. The number of anilines is 1. The molecule has 7 heteroatoms. The number of carbonyl (C=O) groups excluding carboxylic acids is 2. The Balaban J connectivity index is 1.34. The summed E-state index contributed by atoms with van der Waals surface area (Å²) in [6.45, 7) is 4.10. The highest BCUT2D eigenvalue weighted by Gasteiger charge is 2.43. The minimum Gasteiger partial charge on any atom is -0.297 e. The fourth-order valence-electron chi connectivity index (χ4n) is 4.00. The van der Waals surface area contributed by atoms with Crippen molar-refractivity contribution in [1.29, 1.82) is 0 Å². The molecule has 0 aliphatic carbocycles. The molecule has 0 bridgehead atoms. The van der Waals surface area contributed by atoms with Crippen LogP contribution in [0.4, 0.5) is 5.69 Å². The third kappa shape index (κ3) is 4.76. The van der Waals surface area contributed by atoms with Crippen molar-refractivity contribution in [3.8, 4) is 0 Å². The van der Waals surface area contributed by atoms with E-state index in [0.717, 1.165) is 32.7 Å². The maximum absolute atomic E-state index is 13.0. The number of rotatable bonds is 5. The van der Waals surface area contributed by atoms with Crippen LogP contribution in [0.3, 0.4) is 0 Å². The molecule has 2 aromatic carbocycles. The second-order valence-electron chi connectivity index (χ2n) is 7.56. The van der Waals surface area contributed by atoms with Crippen molar-refractivity contribution >= 4 is 46.8 Å². The van der Waals surface area contributed by atoms with Gasteiger partial charge in [-0.3, -0.25) is 19.4 Å². The van der Waals surface area contributed by atoms with E-state index in [-0.39, 0.29) is 18.2 Å². The first-order valence-corrected chi connectivity index (χ1v) is 10.8. The first kappa shape index (κ1) is 21.1. The molecule has 2 amide bonds.